The third-order valence-corrected chi connectivity index (χ3v) is 3.10. The van der Waals surface area contributed by atoms with Crippen molar-refractivity contribution in [1.82, 2.24) is 15.1 Å². The van der Waals surface area contributed by atoms with Crippen molar-refractivity contribution in [2.75, 3.05) is 26.7 Å². The Morgan fingerprint density at radius 2 is 2.11 bits per heavy atom. The van der Waals surface area contributed by atoms with Gasteiger partial charge in [-0.25, -0.2) is 9.69 Å². The summed E-state index contributed by atoms with van der Waals surface area (Å²) >= 11 is 0. The maximum Gasteiger partial charge on any atom is 0.334 e. The van der Waals surface area contributed by atoms with Crippen molar-refractivity contribution in [3.8, 4) is 0 Å². The SMILES string of the molecule is CN1C(=O)C(=O)N(CC(=O)NC[C@H]2CCCO2)C1=O. The number of amides is 5. The molecule has 0 aromatic carbocycles. The minimum atomic E-state index is -0.972. The molecule has 19 heavy (non-hydrogen) atoms. The maximum absolute atomic E-state index is 11.6. The molecule has 2 rings (SSSR count). The number of likely N-dealkylation sites (N-methyl/N-ethyl adjacent to an activating group) is 1. The molecule has 104 valence electrons. The predicted octanol–water partition coefficient (Wildman–Crippen LogP) is -1.30. The molecule has 2 fully saturated rings. The van der Waals surface area contributed by atoms with Crippen molar-refractivity contribution in [3.63, 3.8) is 0 Å². The summed E-state index contributed by atoms with van der Waals surface area (Å²) in [4.78, 5) is 47.1. The number of hydrogen-bond donors (Lipinski definition) is 1. The summed E-state index contributed by atoms with van der Waals surface area (Å²) in [5.41, 5.74) is 0. The standard InChI is InChI=1S/C11H15N3O5/c1-13-9(16)10(17)14(11(13)18)6-8(15)12-5-7-3-2-4-19-7/h7H,2-6H2,1H3,(H,12,15)/t7-/m1/s1. The number of imide groups is 2. The third-order valence-electron chi connectivity index (χ3n) is 3.10. The van der Waals surface area contributed by atoms with Gasteiger partial charge < -0.3 is 10.1 Å². The van der Waals surface area contributed by atoms with Gasteiger partial charge in [-0.2, -0.15) is 0 Å². The Balaban J connectivity index is 1.83. The van der Waals surface area contributed by atoms with Crippen LogP contribution in [-0.2, 0) is 19.1 Å². The summed E-state index contributed by atoms with van der Waals surface area (Å²) in [6.07, 6.45) is 1.82. The van der Waals surface area contributed by atoms with Crippen LogP contribution in [0.15, 0.2) is 0 Å². The van der Waals surface area contributed by atoms with Gasteiger partial charge in [-0.1, -0.05) is 0 Å². The van der Waals surface area contributed by atoms with Crippen LogP contribution in [0.1, 0.15) is 12.8 Å². The van der Waals surface area contributed by atoms with Gasteiger partial charge in [0.2, 0.25) is 5.91 Å². The van der Waals surface area contributed by atoms with Crippen LogP contribution in [0.5, 0.6) is 0 Å². The van der Waals surface area contributed by atoms with Crippen LogP contribution in [-0.4, -0.2) is 66.4 Å². The van der Waals surface area contributed by atoms with Crippen LogP contribution in [0.2, 0.25) is 0 Å². The van der Waals surface area contributed by atoms with Gasteiger partial charge in [-0.15, -0.1) is 0 Å². The molecule has 8 nitrogen and oxygen atoms in total. The van der Waals surface area contributed by atoms with Gasteiger partial charge in [0.05, 0.1) is 6.10 Å². The summed E-state index contributed by atoms with van der Waals surface area (Å²) in [6.45, 7) is 0.586. The Hall–Kier alpha value is -1.96. The van der Waals surface area contributed by atoms with E-state index in [2.05, 4.69) is 5.32 Å². The van der Waals surface area contributed by atoms with Gasteiger partial charge in [0, 0.05) is 20.2 Å². The second-order valence-electron chi connectivity index (χ2n) is 4.48. The van der Waals surface area contributed by atoms with Gasteiger partial charge in [0.15, 0.2) is 0 Å². The molecule has 0 saturated carbocycles. The average Bonchev–Trinajstić information content (AvgIpc) is 2.97. The van der Waals surface area contributed by atoms with E-state index in [-0.39, 0.29) is 6.10 Å². The van der Waals surface area contributed by atoms with Gasteiger partial charge >= 0.3 is 17.8 Å². The molecule has 0 aliphatic carbocycles. The van der Waals surface area contributed by atoms with E-state index >= 15 is 0 Å². The largest absolute Gasteiger partial charge is 0.376 e. The second-order valence-corrected chi connectivity index (χ2v) is 4.48. The number of ether oxygens (including phenoxy) is 1. The van der Waals surface area contributed by atoms with Crippen molar-refractivity contribution < 1.29 is 23.9 Å². The highest BCUT2D eigenvalue weighted by molar-refractivity contribution is 6.44. The Morgan fingerprint density at radius 1 is 1.37 bits per heavy atom. The normalized spacial score (nSPS) is 23.4. The molecule has 2 aliphatic rings. The molecule has 5 amide bonds. The number of carbonyl (C=O) groups excluding carboxylic acids is 4. The first-order valence-corrected chi connectivity index (χ1v) is 6.02. The quantitative estimate of drug-likeness (QED) is 0.505. The zero-order valence-corrected chi connectivity index (χ0v) is 10.5. The molecule has 0 unspecified atom stereocenters. The van der Waals surface area contributed by atoms with E-state index < -0.39 is 30.3 Å². The number of rotatable bonds is 4. The van der Waals surface area contributed by atoms with Crippen LogP contribution >= 0.6 is 0 Å². The van der Waals surface area contributed by atoms with E-state index in [9.17, 15) is 19.2 Å². The van der Waals surface area contributed by atoms with Crippen LogP contribution in [0, 0.1) is 0 Å². The number of nitrogens with zero attached hydrogens (tertiary/aromatic N) is 2. The number of carbonyl (C=O) groups is 4. The molecule has 0 radical (unpaired) electrons. The summed E-state index contributed by atoms with van der Waals surface area (Å²) < 4.78 is 5.33. The molecule has 2 aliphatic heterocycles. The van der Waals surface area contributed by atoms with Crippen molar-refractivity contribution in [2.24, 2.45) is 0 Å². The van der Waals surface area contributed by atoms with Crippen LogP contribution in [0.25, 0.3) is 0 Å². The van der Waals surface area contributed by atoms with Gasteiger partial charge in [0.25, 0.3) is 0 Å². The maximum atomic E-state index is 11.6. The van der Waals surface area contributed by atoms with Crippen molar-refractivity contribution in [2.45, 2.75) is 18.9 Å². The second kappa shape index (κ2) is 5.35. The number of urea groups is 1. The molecule has 2 heterocycles. The first kappa shape index (κ1) is 13.5. The fraction of sp³-hybridized carbons (Fsp3) is 0.636. The molecule has 8 heteroatoms. The number of nitrogens with one attached hydrogen (secondary N) is 1. The molecular formula is C11H15N3O5. The molecule has 0 aromatic rings. The number of hydrogen-bond acceptors (Lipinski definition) is 5. The zero-order valence-electron chi connectivity index (χ0n) is 10.5. The van der Waals surface area contributed by atoms with Crippen molar-refractivity contribution in [1.29, 1.82) is 0 Å². The lowest BCUT2D eigenvalue weighted by Crippen LogP contribution is -2.43. The summed E-state index contributed by atoms with van der Waals surface area (Å²) in [6, 6.07) is -0.776. The Bertz CT molecular complexity index is 430. The molecule has 2 saturated heterocycles. The van der Waals surface area contributed by atoms with Gasteiger partial charge in [-0.05, 0) is 12.8 Å². The molecule has 0 spiro atoms. The first-order chi connectivity index (χ1) is 9.00. The van der Waals surface area contributed by atoms with E-state index in [0.29, 0.717) is 23.0 Å². The molecular weight excluding hydrogens is 254 g/mol. The average molecular weight is 269 g/mol. The van der Waals surface area contributed by atoms with Crippen LogP contribution in [0.3, 0.4) is 0 Å². The van der Waals surface area contributed by atoms with E-state index in [1.54, 1.807) is 0 Å². The fourth-order valence-electron chi connectivity index (χ4n) is 1.99. The van der Waals surface area contributed by atoms with E-state index in [1.807, 2.05) is 0 Å². The van der Waals surface area contributed by atoms with Crippen LogP contribution in [0.4, 0.5) is 4.79 Å². The predicted molar refractivity (Wildman–Crippen MR) is 61.9 cm³/mol. The molecule has 1 atom stereocenters. The smallest absolute Gasteiger partial charge is 0.334 e. The van der Waals surface area contributed by atoms with Crippen molar-refractivity contribution in [3.05, 3.63) is 0 Å². The third kappa shape index (κ3) is 2.73. The van der Waals surface area contributed by atoms with Gasteiger partial charge in [-0.3, -0.25) is 19.3 Å². The molecule has 1 N–H and O–H groups in total. The monoisotopic (exact) mass is 269 g/mol. The highest BCUT2D eigenvalue weighted by Gasteiger charge is 2.42. The summed E-state index contributed by atoms with van der Waals surface area (Å²) in [7, 11) is 1.20. The first-order valence-electron chi connectivity index (χ1n) is 6.02. The topological polar surface area (TPSA) is 96.0 Å². The van der Waals surface area contributed by atoms with E-state index in [1.165, 1.54) is 7.05 Å². The van der Waals surface area contributed by atoms with Crippen LogP contribution < -0.4 is 5.32 Å². The minimum Gasteiger partial charge on any atom is -0.376 e. The summed E-state index contributed by atoms with van der Waals surface area (Å²) in [5.74, 6) is -2.38. The van der Waals surface area contributed by atoms with Crippen molar-refractivity contribution >= 4 is 23.8 Å². The molecule has 0 bridgehead atoms. The zero-order chi connectivity index (χ0) is 14.0. The lowest BCUT2D eigenvalue weighted by atomic mass is 10.2. The van der Waals surface area contributed by atoms with Gasteiger partial charge in [0.1, 0.15) is 6.54 Å². The highest BCUT2D eigenvalue weighted by atomic mass is 16.5. The lowest BCUT2D eigenvalue weighted by Gasteiger charge is -2.14. The fourth-order valence-corrected chi connectivity index (χ4v) is 1.99. The van der Waals surface area contributed by atoms with E-state index in [4.69, 9.17) is 4.74 Å². The Kier molecular flexibility index (Phi) is 3.79. The summed E-state index contributed by atoms with van der Waals surface area (Å²) in [5, 5.41) is 2.58. The van der Waals surface area contributed by atoms with E-state index in [0.717, 1.165) is 12.8 Å². The Labute approximate surface area is 109 Å². The molecule has 0 aromatic heterocycles. The highest BCUT2D eigenvalue weighted by Crippen LogP contribution is 2.11. The lowest BCUT2D eigenvalue weighted by molar-refractivity contribution is -0.143. The minimum absolute atomic E-state index is 0.0155. The Morgan fingerprint density at radius 3 is 2.63 bits per heavy atom.